The van der Waals surface area contributed by atoms with Crippen molar-refractivity contribution < 1.29 is 4.79 Å². The maximum atomic E-state index is 12.6. The van der Waals surface area contributed by atoms with Crippen LogP contribution in [0.25, 0.3) is 11.0 Å². The van der Waals surface area contributed by atoms with Gasteiger partial charge in [0.1, 0.15) is 0 Å². The standard InChI is InChI=1S/C16H15N3O/c1-2-19(13-6-4-3-5-7-13)16(20)12-8-9-14-15(10-12)18-11-17-14/h3-11H,2H2,1H3,(H,17,18). The number of hydrogen-bond acceptors (Lipinski definition) is 2. The quantitative estimate of drug-likeness (QED) is 0.790. The molecule has 0 aliphatic carbocycles. The molecule has 1 aromatic heterocycles. The molecule has 0 spiro atoms. The molecule has 4 heteroatoms. The lowest BCUT2D eigenvalue weighted by Crippen LogP contribution is -2.30. The van der Waals surface area contributed by atoms with Crippen molar-refractivity contribution in [2.75, 3.05) is 11.4 Å². The minimum Gasteiger partial charge on any atom is -0.345 e. The smallest absolute Gasteiger partial charge is 0.258 e. The van der Waals surface area contributed by atoms with Gasteiger partial charge in [-0.2, -0.15) is 0 Å². The third kappa shape index (κ3) is 2.16. The van der Waals surface area contributed by atoms with E-state index in [2.05, 4.69) is 9.97 Å². The van der Waals surface area contributed by atoms with Crippen LogP contribution in [0.5, 0.6) is 0 Å². The Morgan fingerprint density at radius 1 is 1.20 bits per heavy atom. The summed E-state index contributed by atoms with van der Waals surface area (Å²) in [5, 5.41) is 0. The van der Waals surface area contributed by atoms with Crippen LogP contribution in [0.3, 0.4) is 0 Å². The highest BCUT2D eigenvalue weighted by molar-refractivity contribution is 6.07. The fourth-order valence-electron chi connectivity index (χ4n) is 2.27. The van der Waals surface area contributed by atoms with E-state index in [-0.39, 0.29) is 5.91 Å². The Labute approximate surface area is 117 Å². The van der Waals surface area contributed by atoms with Crippen LogP contribution in [-0.2, 0) is 0 Å². The Morgan fingerprint density at radius 2 is 2.00 bits per heavy atom. The molecule has 2 aromatic carbocycles. The lowest BCUT2D eigenvalue weighted by molar-refractivity contribution is 0.0988. The lowest BCUT2D eigenvalue weighted by Gasteiger charge is -2.21. The fraction of sp³-hybridized carbons (Fsp3) is 0.125. The van der Waals surface area contributed by atoms with E-state index in [1.807, 2.05) is 55.5 Å². The number of amides is 1. The summed E-state index contributed by atoms with van der Waals surface area (Å²) in [5.41, 5.74) is 3.29. The number of hydrogen-bond donors (Lipinski definition) is 1. The molecule has 0 saturated carbocycles. The number of H-pyrrole nitrogens is 1. The van der Waals surface area contributed by atoms with Crippen LogP contribution in [0, 0.1) is 0 Å². The number of benzene rings is 2. The van der Waals surface area contributed by atoms with E-state index in [4.69, 9.17) is 0 Å². The summed E-state index contributed by atoms with van der Waals surface area (Å²) < 4.78 is 0. The molecule has 0 saturated heterocycles. The van der Waals surface area contributed by atoms with Gasteiger partial charge in [-0.3, -0.25) is 4.79 Å². The molecule has 0 aliphatic rings. The molecule has 0 unspecified atom stereocenters. The number of aromatic nitrogens is 2. The Morgan fingerprint density at radius 3 is 2.75 bits per heavy atom. The first-order valence-electron chi connectivity index (χ1n) is 6.59. The average molecular weight is 265 g/mol. The van der Waals surface area contributed by atoms with Crippen LogP contribution < -0.4 is 4.90 Å². The number of nitrogens with one attached hydrogen (secondary N) is 1. The van der Waals surface area contributed by atoms with Crippen LogP contribution >= 0.6 is 0 Å². The first-order chi connectivity index (χ1) is 9.79. The maximum Gasteiger partial charge on any atom is 0.258 e. The molecule has 3 rings (SSSR count). The van der Waals surface area contributed by atoms with E-state index in [0.29, 0.717) is 12.1 Å². The van der Waals surface area contributed by atoms with Gasteiger partial charge in [0.15, 0.2) is 0 Å². The van der Waals surface area contributed by atoms with Crippen molar-refractivity contribution in [1.29, 1.82) is 0 Å². The molecule has 4 nitrogen and oxygen atoms in total. The monoisotopic (exact) mass is 265 g/mol. The van der Waals surface area contributed by atoms with Gasteiger partial charge in [-0.1, -0.05) is 18.2 Å². The molecule has 100 valence electrons. The largest absolute Gasteiger partial charge is 0.345 e. The topological polar surface area (TPSA) is 49.0 Å². The number of carbonyl (C=O) groups excluding carboxylic acids is 1. The van der Waals surface area contributed by atoms with E-state index in [9.17, 15) is 4.79 Å². The van der Waals surface area contributed by atoms with Crippen molar-refractivity contribution in [2.24, 2.45) is 0 Å². The summed E-state index contributed by atoms with van der Waals surface area (Å²) in [7, 11) is 0. The Balaban J connectivity index is 1.97. The Bertz CT molecular complexity index is 734. The van der Waals surface area contributed by atoms with Crippen molar-refractivity contribution in [2.45, 2.75) is 6.92 Å². The molecule has 0 aliphatic heterocycles. The van der Waals surface area contributed by atoms with Crippen LogP contribution in [0.15, 0.2) is 54.9 Å². The SMILES string of the molecule is CCN(C(=O)c1ccc2[nH]cnc2c1)c1ccccc1. The molecule has 3 aromatic rings. The summed E-state index contributed by atoms with van der Waals surface area (Å²) in [6, 6.07) is 15.2. The van der Waals surface area contributed by atoms with Gasteiger partial charge in [0, 0.05) is 17.8 Å². The number of anilines is 1. The van der Waals surface area contributed by atoms with Crippen molar-refractivity contribution in [3.63, 3.8) is 0 Å². The second kappa shape index (κ2) is 5.17. The molecular formula is C16H15N3O. The number of para-hydroxylation sites is 1. The van der Waals surface area contributed by atoms with Crippen molar-refractivity contribution in [3.05, 3.63) is 60.4 Å². The molecule has 1 N–H and O–H groups in total. The van der Waals surface area contributed by atoms with Gasteiger partial charge in [0.05, 0.1) is 17.4 Å². The predicted molar refractivity (Wildman–Crippen MR) is 79.9 cm³/mol. The average Bonchev–Trinajstić information content (AvgIpc) is 2.96. The molecule has 0 fully saturated rings. The number of nitrogens with zero attached hydrogens (tertiary/aromatic N) is 2. The zero-order chi connectivity index (χ0) is 13.9. The maximum absolute atomic E-state index is 12.6. The first-order valence-corrected chi connectivity index (χ1v) is 6.59. The molecule has 0 atom stereocenters. The Kier molecular flexibility index (Phi) is 3.21. The first kappa shape index (κ1) is 12.4. The van der Waals surface area contributed by atoms with E-state index < -0.39 is 0 Å². The van der Waals surface area contributed by atoms with E-state index in [1.165, 1.54) is 0 Å². The molecule has 20 heavy (non-hydrogen) atoms. The van der Waals surface area contributed by atoms with Gasteiger partial charge in [0.25, 0.3) is 5.91 Å². The highest BCUT2D eigenvalue weighted by Gasteiger charge is 2.16. The van der Waals surface area contributed by atoms with Gasteiger partial charge in [-0.15, -0.1) is 0 Å². The van der Waals surface area contributed by atoms with Gasteiger partial charge in [0.2, 0.25) is 0 Å². The van der Waals surface area contributed by atoms with Gasteiger partial charge in [-0.05, 0) is 37.3 Å². The van der Waals surface area contributed by atoms with E-state index >= 15 is 0 Å². The van der Waals surface area contributed by atoms with Gasteiger partial charge < -0.3 is 9.88 Å². The number of aromatic amines is 1. The van der Waals surface area contributed by atoms with Gasteiger partial charge >= 0.3 is 0 Å². The van der Waals surface area contributed by atoms with Crippen LogP contribution in [0.1, 0.15) is 17.3 Å². The number of carbonyl (C=O) groups is 1. The fourth-order valence-corrected chi connectivity index (χ4v) is 2.27. The second-order valence-corrected chi connectivity index (χ2v) is 4.52. The molecule has 0 bridgehead atoms. The highest BCUT2D eigenvalue weighted by atomic mass is 16.2. The minimum absolute atomic E-state index is 0.0106. The normalized spacial score (nSPS) is 10.7. The van der Waals surface area contributed by atoms with Crippen molar-refractivity contribution in [3.8, 4) is 0 Å². The lowest BCUT2D eigenvalue weighted by atomic mass is 10.1. The summed E-state index contributed by atoms with van der Waals surface area (Å²) in [6.07, 6.45) is 1.63. The summed E-state index contributed by atoms with van der Waals surface area (Å²) in [5.74, 6) is -0.0106. The zero-order valence-electron chi connectivity index (χ0n) is 11.2. The minimum atomic E-state index is -0.0106. The third-order valence-corrected chi connectivity index (χ3v) is 3.30. The van der Waals surface area contributed by atoms with Crippen LogP contribution in [-0.4, -0.2) is 22.4 Å². The molecule has 1 amide bonds. The third-order valence-electron chi connectivity index (χ3n) is 3.30. The van der Waals surface area contributed by atoms with E-state index in [0.717, 1.165) is 16.7 Å². The highest BCUT2D eigenvalue weighted by Crippen LogP contribution is 2.18. The van der Waals surface area contributed by atoms with Crippen LogP contribution in [0.4, 0.5) is 5.69 Å². The molecular weight excluding hydrogens is 250 g/mol. The van der Waals surface area contributed by atoms with Crippen LogP contribution in [0.2, 0.25) is 0 Å². The predicted octanol–water partition coefficient (Wildman–Crippen LogP) is 3.23. The number of imidazole rings is 1. The van der Waals surface area contributed by atoms with Gasteiger partial charge in [-0.25, -0.2) is 4.98 Å². The second-order valence-electron chi connectivity index (χ2n) is 4.52. The zero-order valence-corrected chi connectivity index (χ0v) is 11.2. The van der Waals surface area contributed by atoms with Crippen molar-refractivity contribution in [1.82, 2.24) is 9.97 Å². The van der Waals surface area contributed by atoms with Crippen molar-refractivity contribution >= 4 is 22.6 Å². The van der Waals surface area contributed by atoms with E-state index in [1.54, 1.807) is 11.2 Å². The molecule has 0 radical (unpaired) electrons. The summed E-state index contributed by atoms with van der Waals surface area (Å²) >= 11 is 0. The number of rotatable bonds is 3. The summed E-state index contributed by atoms with van der Waals surface area (Å²) in [6.45, 7) is 2.60. The molecule has 1 heterocycles. The Hall–Kier alpha value is -2.62. The summed E-state index contributed by atoms with van der Waals surface area (Å²) in [4.78, 5) is 21.6. The number of fused-ring (bicyclic) bond motifs is 1.